The number of carbonyl (C=O) groups is 5. The van der Waals surface area contributed by atoms with Gasteiger partial charge in [-0.05, 0) is 31.2 Å². The number of fused-ring (bicyclic) bond motifs is 1. The number of benzene rings is 1. The maximum atomic E-state index is 12.9. The van der Waals surface area contributed by atoms with Gasteiger partial charge >= 0.3 is 18.0 Å². The van der Waals surface area contributed by atoms with Gasteiger partial charge in [0.05, 0.1) is 12.6 Å². The molecule has 3 aliphatic rings. The third kappa shape index (κ3) is 10.1. The fourth-order valence-corrected chi connectivity index (χ4v) is 5.93. The lowest BCUT2D eigenvalue weighted by molar-refractivity contribution is -0.325. The number of aldehydes is 1. The van der Waals surface area contributed by atoms with E-state index in [1.165, 1.54) is 6.92 Å². The largest absolute Gasteiger partial charge is 0.480 e. The lowest BCUT2D eigenvalue weighted by Gasteiger charge is -2.49. The van der Waals surface area contributed by atoms with Crippen LogP contribution in [0, 0.1) is 5.92 Å². The molecule has 1 aromatic carbocycles. The lowest BCUT2D eigenvalue weighted by atomic mass is 9.87. The standard InChI is InChI=1S/C30H44N6O10/c1-17(38)32-23-24(39)25-22(16-44-28(46-25)19-10-6-3-7-11-19)45-26(23)34-30(43)33-21(27(40)41)12-13-31-29(42)36-35-20(15-37)14-18-8-4-2-5-9-18/h2,4-5,8-9,15,19-26,28,35,39H,3,6-7,10-14,16H2,1H3,(H,32,38)(H,40,41)(H2,31,36,42)(H2,33,34,43)/t20-,21-,22+,23+,24+,25+,26?,28?/m0/s1. The van der Waals surface area contributed by atoms with Gasteiger partial charge in [0.15, 0.2) is 12.5 Å². The van der Waals surface area contributed by atoms with E-state index in [2.05, 4.69) is 32.1 Å². The quantitative estimate of drug-likeness (QED) is 0.102. The van der Waals surface area contributed by atoms with Crippen molar-refractivity contribution in [1.29, 1.82) is 0 Å². The second-order valence-electron chi connectivity index (χ2n) is 11.8. The second kappa shape index (κ2) is 17.2. The molecule has 2 unspecified atom stereocenters. The van der Waals surface area contributed by atoms with Crippen LogP contribution in [-0.4, -0.2) is 103 Å². The number of carbonyl (C=O) groups excluding carboxylic acids is 4. The van der Waals surface area contributed by atoms with E-state index >= 15 is 0 Å². The molecule has 16 heteroatoms. The third-order valence-corrected chi connectivity index (χ3v) is 8.27. The van der Waals surface area contributed by atoms with Crippen LogP contribution in [0.4, 0.5) is 9.59 Å². The molecule has 46 heavy (non-hydrogen) atoms. The first-order chi connectivity index (χ1) is 22.1. The Kier molecular flexibility index (Phi) is 13.1. The Morgan fingerprint density at radius 2 is 1.76 bits per heavy atom. The highest BCUT2D eigenvalue weighted by molar-refractivity contribution is 5.83. The fourth-order valence-electron chi connectivity index (χ4n) is 5.93. The van der Waals surface area contributed by atoms with Crippen LogP contribution in [0.5, 0.6) is 0 Å². The van der Waals surface area contributed by atoms with Gasteiger partial charge in [-0.2, -0.15) is 0 Å². The average molecular weight is 649 g/mol. The van der Waals surface area contributed by atoms with Crippen LogP contribution in [0.3, 0.4) is 0 Å². The van der Waals surface area contributed by atoms with E-state index in [9.17, 15) is 34.2 Å². The summed E-state index contributed by atoms with van der Waals surface area (Å²) in [5, 5.41) is 30.7. The number of ether oxygens (including phenoxy) is 3. The van der Waals surface area contributed by atoms with Crippen LogP contribution in [-0.2, 0) is 35.0 Å². The molecule has 1 aliphatic carbocycles. The summed E-state index contributed by atoms with van der Waals surface area (Å²) in [6.45, 7) is 1.23. The number of aliphatic hydroxyl groups is 1. The lowest BCUT2D eigenvalue weighted by Crippen LogP contribution is -2.71. The maximum Gasteiger partial charge on any atom is 0.329 e. The second-order valence-corrected chi connectivity index (χ2v) is 11.8. The molecule has 0 bridgehead atoms. The normalized spacial score (nSPS) is 27.6. The summed E-state index contributed by atoms with van der Waals surface area (Å²) in [7, 11) is 0. The molecule has 254 valence electrons. The number of hydrogen-bond donors (Lipinski definition) is 8. The zero-order valence-electron chi connectivity index (χ0n) is 25.7. The van der Waals surface area contributed by atoms with Gasteiger partial charge in [-0.15, -0.1) is 0 Å². The average Bonchev–Trinajstić information content (AvgIpc) is 3.05. The highest BCUT2D eigenvalue weighted by Crippen LogP contribution is 2.35. The van der Waals surface area contributed by atoms with Gasteiger partial charge in [0, 0.05) is 19.4 Å². The molecule has 5 amide bonds. The van der Waals surface area contributed by atoms with Crippen molar-refractivity contribution >= 4 is 30.2 Å². The number of carboxylic acids is 1. The van der Waals surface area contributed by atoms with Gasteiger partial charge in [-0.25, -0.2) is 19.8 Å². The molecule has 3 fully saturated rings. The van der Waals surface area contributed by atoms with Gasteiger partial charge in [0.25, 0.3) is 0 Å². The number of aliphatic carboxylic acids is 1. The predicted molar refractivity (Wildman–Crippen MR) is 161 cm³/mol. The summed E-state index contributed by atoms with van der Waals surface area (Å²) in [5.74, 6) is -1.64. The summed E-state index contributed by atoms with van der Waals surface area (Å²) in [6.07, 6.45) is 1.49. The zero-order chi connectivity index (χ0) is 33.1. The Morgan fingerprint density at radius 1 is 1.02 bits per heavy atom. The summed E-state index contributed by atoms with van der Waals surface area (Å²) >= 11 is 0. The van der Waals surface area contributed by atoms with Gasteiger partial charge in [-0.3, -0.25) is 10.2 Å². The van der Waals surface area contributed by atoms with Crippen molar-refractivity contribution in [3.8, 4) is 0 Å². The van der Waals surface area contributed by atoms with Gasteiger partial charge < -0.3 is 50.5 Å². The van der Waals surface area contributed by atoms with Crippen molar-refractivity contribution in [3.05, 3.63) is 35.9 Å². The Bertz CT molecular complexity index is 1190. The molecule has 16 nitrogen and oxygen atoms in total. The minimum Gasteiger partial charge on any atom is -0.480 e. The molecule has 4 rings (SSSR count). The third-order valence-electron chi connectivity index (χ3n) is 8.27. The van der Waals surface area contributed by atoms with E-state index in [0.29, 0.717) is 12.7 Å². The van der Waals surface area contributed by atoms with Crippen LogP contribution < -0.4 is 32.1 Å². The molecule has 0 aromatic heterocycles. The summed E-state index contributed by atoms with van der Waals surface area (Å²) < 4.78 is 18.0. The molecule has 2 saturated heterocycles. The van der Waals surface area contributed by atoms with Crippen molar-refractivity contribution in [2.45, 2.75) is 101 Å². The van der Waals surface area contributed by atoms with Gasteiger partial charge in [0.2, 0.25) is 5.91 Å². The van der Waals surface area contributed by atoms with E-state index in [1.807, 2.05) is 30.3 Å². The number of amides is 5. The molecular weight excluding hydrogens is 604 g/mol. The molecule has 8 atom stereocenters. The number of urea groups is 2. The van der Waals surface area contributed by atoms with Gasteiger partial charge in [0.1, 0.15) is 36.7 Å². The number of nitrogens with one attached hydrogen (secondary N) is 6. The monoisotopic (exact) mass is 648 g/mol. The SMILES string of the molecule is CC(=O)N[C@H]1C(NC(=O)N[C@@H](CCNC(=O)NN[C@H](C=O)Cc2ccccc2)C(=O)O)O[C@@H]2COC(C3CCCCC3)O[C@H]2[C@@H]1O. The zero-order valence-corrected chi connectivity index (χ0v) is 25.7. The molecule has 1 aromatic rings. The Balaban J connectivity index is 1.25. The van der Waals surface area contributed by atoms with E-state index in [1.54, 1.807) is 0 Å². The van der Waals surface area contributed by atoms with Crippen molar-refractivity contribution in [3.63, 3.8) is 0 Å². The number of rotatable bonds is 13. The summed E-state index contributed by atoms with van der Waals surface area (Å²) in [6, 6.07) is 4.38. The Hall–Kier alpha value is -3.83. The molecule has 1 saturated carbocycles. The first kappa shape index (κ1) is 35.0. The number of aliphatic hydroxyl groups excluding tert-OH is 1. The van der Waals surface area contributed by atoms with Gasteiger partial charge in [-0.1, -0.05) is 49.6 Å². The van der Waals surface area contributed by atoms with Crippen LogP contribution in [0.25, 0.3) is 0 Å². The highest BCUT2D eigenvalue weighted by Gasteiger charge is 2.51. The molecule has 0 radical (unpaired) electrons. The minimum atomic E-state index is -1.41. The Labute approximate surface area is 266 Å². The summed E-state index contributed by atoms with van der Waals surface area (Å²) in [5.41, 5.74) is 5.85. The predicted octanol–water partition coefficient (Wildman–Crippen LogP) is -0.345. The molecule has 0 spiro atoms. The van der Waals surface area contributed by atoms with E-state index < -0.39 is 72.9 Å². The summed E-state index contributed by atoms with van der Waals surface area (Å²) in [4.78, 5) is 60.3. The number of hydrazine groups is 1. The maximum absolute atomic E-state index is 12.9. The van der Waals surface area contributed by atoms with Crippen LogP contribution >= 0.6 is 0 Å². The molecule has 8 N–H and O–H groups in total. The number of carboxylic acid groups (broad SMARTS) is 1. The first-order valence-corrected chi connectivity index (χ1v) is 15.6. The minimum absolute atomic E-state index is 0.107. The van der Waals surface area contributed by atoms with Crippen LogP contribution in [0.1, 0.15) is 51.0 Å². The topological polar surface area (TPSA) is 226 Å². The number of hydrogen-bond acceptors (Lipinski definition) is 10. The smallest absolute Gasteiger partial charge is 0.329 e. The van der Waals surface area contributed by atoms with Crippen molar-refractivity contribution in [2.75, 3.05) is 13.2 Å². The Morgan fingerprint density at radius 3 is 2.43 bits per heavy atom. The molecule has 2 heterocycles. The van der Waals surface area contributed by atoms with Crippen molar-refractivity contribution < 1.29 is 48.4 Å². The molecular formula is C30H44N6O10. The molecule has 2 aliphatic heterocycles. The van der Waals surface area contributed by atoms with E-state index in [-0.39, 0.29) is 25.5 Å². The first-order valence-electron chi connectivity index (χ1n) is 15.6. The van der Waals surface area contributed by atoms with Crippen LogP contribution in [0.2, 0.25) is 0 Å². The van der Waals surface area contributed by atoms with Crippen molar-refractivity contribution in [1.82, 2.24) is 32.1 Å². The van der Waals surface area contributed by atoms with E-state index in [0.717, 1.165) is 37.7 Å². The van der Waals surface area contributed by atoms with Crippen LogP contribution in [0.15, 0.2) is 30.3 Å². The van der Waals surface area contributed by atoms with E-state index in [4.69, 9.17) is 14.2 Å². The fraction of sp³-hybridized carbons (Fsp3) is 0.633. The highest BCUT2D eigenvalue weighted by atomic mass is 16.7. The van der Waals surface area contributed by atoms with Crippen molar-refractivity contribution in [2.24, 2.45) is 5.92 Å².